The lowest BCUT2D eigenvalue weighted by atomic mass is 10.0. The van der Waals surface area contributed by atoms with Crippen LogP contribution in [0.1, 0.15) is 24.7 Å². The van der Waals surface area contributed by atoms with Crippen molar-refractivity contribution in [3.63, 3.8) is 0 Å². The van der Waals surface area contributed by atoms with Gasteiger partial charge < -0.3 is 14.5 Å². The lowest BCUT2D eigenvalue weighted by Gasteiger charge is -2.41. The number of H-pyrrole nitrogens is 1. The van der Waals surface area contributed by atoms with Gasteiger partial charge in [0.25, 0.3) is 0 Å². The van der Waals surface area contributed by atoms with Gasteiger partial charge in [-0.05, 0) is 25.0 Å². The second kappa shape index (κ2) is 6.91. The van der Waals surface area contributed by atoms with E-state index in [1.807, 2.05) is 18.3 Å². The van der Waals surface area contributed by atoms with E-state index in [-0.39, 0.29) is 6.04 Å². The van der Waals surface area contributed by atoms with Crippen molar-refractivity contribution in [1.29, 1.82) is 0 Å². The Balaban J connectivity index is 1.56. The Morgan fingerprint density at radius 3 is 2.87 bits per heavy atom. The molecule has 0 aliphatic carbocycles. The van der Waals surface area contributed by atoms with Crippen LogP contribution in [0.3, 0.4) is 0 Å². The molecule has 0 saturated carbocycles. The van der Waals surface area contributed by atoms with Gasteiger partial charge in [0.1, 0.15) is 5.82 Å². The number of aromatic amines is 1. The number of hydrogen-bond donors (Lipinski definition) is 1. The summed E-state index contributed by atoms with van der Waals surface area (Å²) in [7, 11) is 0. The van der Waals surface area contributed by atoms with Gasteiger partial charge in [-0.1, -0.05) is 11.6 Å². The van der Waals surface area contributed by atoms with E-state index in [1.165, 1.54) is 0 Å². The minimum Gasteiger partial charge on any atom is -0.381 e. The van der Waals surface area contributed by atoms with Gasteiger partial charge in [0, 0.05) is 25.8 Å². The van der Waals surface area contributed by atoms with Crippen molar-refractivity contribution in [2.45, 2.75) is 24.9 Å². The zero-order chi connectivity index (χ0) is 15.6. The molecule has 0 radical (unpaired) electrons. The van der Waals surface area contributed by atoms with Gasteiger partial charge in [-0.2, -0.15) is 0 Å². The highest BCUT2D eigenvalue weighted by molar-refractivity contribution is 7.19. The average Bonchev–Trinajstić information content (AvgIpc) is 3.24. The van der Waals surface area contributed by atoms with Crippen LogP contribution in [0.5, 0.6) is 0 Å². The number of rotatable bonds is 3. The Labute approximate surface area is 144 Å². The first-order chi connectivity index (χ1) is 11.3. The monoisotopic (exact) mass is 353 g/mol. The van der Waals surface area contributed by atoms with Crippen LogP contribution in [0.15, 0.2) is 18.3 Å². The van der Waals surface area contributed by atoms with Crippen LogP contribution in [-0.2, 0) is 9.47 Å². The van der Waals surface area contributed by atoms with Gasteiger partial charge in [-0.25, -0.2) is 4.98 Å². The van der Waals surface area contributed by atoms with Crippen LogP contribution >= 0.6 is 22.9 Å². The molecule has 0 bridgehead atoms. The van der Waals surface area contributed by atoms with Crippen LogP contribution in [0.4, 0.5) is 0 Å². The molecule has 2 aromatic heterocycles. The van der Waals surface area contributed by atoms with Crippen molar-refractivity contribution in [2.24, 2.45) is 0 Å². The van der Waals surface area contributed by atoms with Gasteiger partial charge >= 0.3 is 0 Å². The number of nitrogens with one attached hydrogen (secondary N) is 1. The SMILES string of the molecule is Clc1ccc(-c2cnc(C3COCCN3C3CCOCC3)[nH]2)s1. The Morgan fingerprint density at radius 1 is 1.22 bits per heavy atom. The normalized spacial score (nSPS) is 24.1. The van der Waals surface area contributed by atoms with Crippen LogP contribution in [0, 0.1) is 0 Å². The molecule has 0 aromatic carbocycles. The summed E-state index contributed by atoms with van der Waals surface area (Å²) >= 11 is 7.60. The molecule has 2 saturated heterocycles. The molecular formula is C16H20ClN3O2S. The molecule has 2 fully saturated rings. The van der Waals surface area contributed by atoms with Crippen LogP contribution < -0.4 is 0 Å². The Hall–Kier alpha value is -0.920. The van der Waals surface area contributed by atoms with Crippen LogP contribution in [-0.4, -0.2) is 53.9 Å². The van der Waals surface area contributed by atoms with E-state index in [0.717, 1.165) is 59.9 Å². The number of nitrogens with zero attached hydrogens (tertiary/aromatic N) is 2. The second-order valence-corrected chi connectivity index (χ2v) is 7.67. The predicted octanol–water partition coefficient (Wildman–Crippen LogP) is 3.34. The van der Waals surface area contributed by atoms with Crippen molar-refractivity contribution in [3.8, 4) is 10.6 Å². The smallest absolute Gasteiger partial charge is 0.126 e. The molecule has 2 aliphatic heterocycles. The minimum absolute atomic E-state index is 0.191. The highest BCUT2D eigenvalue weighted by atomic mass is 35.5. The van der Waals surface area contributed by atoms with Gasteiger partial charge in [0.2, 0.25) is 0 Å². The standard InChI is InChI=1S/C16H20ClN3O2S/c17-15-2-1-14(23-15)12-9-18-16(19-12)13-10-22-8-5-20(13)11-3-6-21-7-4-11/h1-2,9,11,13H,3-8,10H2,(H,18,19). The van der Waals surface area contributed by atoms with E-state index < -0.39 is 0 Å². The van der Waals surface area contributed by atoms with Crippen LogP contribution in [0.2, 0.25) is 4.34 Å². The fourth-order valence-corrected chi connectivity index (χ4v) is 4.40. The molecule has 0 spiro atoms. The van der Waals surface area contributed by atoms with Gasteiger partial charge in [-0.3, -0.25) is 4.90 Å². The van der Waals surface area contributed by atoms with E-state index in [9.17, 15) is 0 Å². The second-order valence-electron chi connectivity index (χ2n) is 5.96. The molecule has 7 heteroatoms. The third-order valence-electron chi connectivity index (χ3n) is 4.58. The summed E-state index contributed by atoms with van der Waals surface area (Å²) in [5.41, 5.74) is 1.02. The Morgan fingerprint density at radius 2 is 2.09 bits per heavy atom. The molecule has 4 rings (SSSR count). The molecule has 2 aromatic rings. The Kier molecular flexibility index (Phi) is 4.68. The first-order valence-corrected chi connectivity index (χ1v) is 9.22. The molecule has 1 atom stereocenters. The molecule has 124 valence electrons. The van der Waals surface area contributed by atoms with Crippen molar-refractivity contribution in [3.05, 3.63) is 28.5 Å². The van der Waals surface area contributed by atoms with Gasteiger partial charge in [-0.15, -0.1) is 11.3 Å². The molecule has 1 N–H and O–H groups in total. The number of morpholine rings is 1. The summed E-state index contributed by atoms with van der Waals surface area (Å²) in [6.45, 7) is 4.14. The third-order valence-corrected chi connectivity index (χ3v) is 5.84. The summed E-state index contributed by atoms with van der Waals surface area (Å²) in [4.78, 5) is 11.7. The van der Waals surface area contributed by atoms with Crippen molar-refractivity contribution >= 4 is 22.9 Å². The molecule has 5 nitrogen and oxygen atoms in total. The van der Waals surface area contributed by atoms with Crippen LogP contribution in [0.25, 0.3) is 10.6 Å². The fraction of sp³-hybridized carbons (Fsp3) is 0.562. The highest BCUT2D eigenvalue weighted by Crippen LogP contribution is 2.33. The first-order valence-electron chi connectivity index (χ1n) is 8.03. The lowest BCUT2D eigenvalue weighted by molar-refractivity contribution is -0.0589. The summed E-state index contributed by atoms with van der Waals surface area (Å²) in [6.07, 6.45) is 4.07. The van der Waals surface area contributed by atoms with E-state index >= 15 is 0 Å². The quantitative estimate of drug-likeness (QED) is 0.919. The fourth-order valence-electron chi connectivity index (χ4n) is 3.40. The summed E-state index contributed by atoms with van der Waals surface area (Å²) in [5, 5.41) is 0. The summed E-state index contributed by atoms with van der Waals surface area (Å²) in [5.74, 6) is 0.982. The molecule has 4 heterocycles. The van der Waals surface area contributed by atoms with E-state index in [0.29, 0.717) is 12.6 Å². The minimum atomic E-state index is 0.191. The molecule has 0 amide bonds. The van der Waals surface area contributed by atoms with Gasteiger partial charge in [0.05, 0.1) is 40.4 Å². The van der Waals surface area contributed by atoms with E-state index in [1.54, 1.807) is 11.3 Å². The molecular weight excluding hydrogens is 334 g/mol. The number of thiophene rings is 1. The lowest BCUT2D eigenvalue weighted by Crippen LogP contribution is -2.48. The van der Waals surface area contributed by atoms with Crippen molar-refractivity contribution in [2.75, 3.05) is 33.0 Å². The molecule has 1 unspecified atom stereocenters. The van der Waals surface area contributed by atoms with Crippen molar-refractivity contribution in [1.82, 2.24) is 14.9 Å². The number of hydrogen-bond acceptors (Lipinski definition) is 5. The zero-order valence-electron chi connectivity index (χ0n) is 12.8. The van der Waals surface area contributed by atoms with E-state index in [4.69, 9.17) is 21.1 Å². The molecule has 23 heavy (non-hydrogen) atoms. The highest BCUT2D eigenvalue weighted by Gasteiger charge is 2.33. The summed E-state index contributed by atoms with van der Waals surface area (Å²) in [6, 6.07) is 4.69. The topological polar surface area (TPSA) is 50.4 Å². The Bertz CT molecular complexity index is 653. The van der Waals surface area contributed by atoms with E-state index in [2.05, 4.69) is 14.9 Å². The number of ether oxygens (including phenoxy) is 2. The first kappa shape index (κ1) is 15.6. The average molecular weight is 354 g/mol. The maximum absolute atomic E-state index is 6.03. The predicted molar refractivity (Wildman–Crippen MR) is 91.0 cm³/mol. The van der Waals surface area contributed by atoms with Crippen molar-refractivity contribution < 1.29 is 9.47 Å². The largest absolute Gasteiger partial charge is 0.381 e. The third kappa shape index (κ3) is 3.32. The number of aromatic nitrogens is 2. The summed E-state index contributed by atoms with van der Waals surface area (Å²) < 4.78 is 12.0. The zero-order valence-corrected chi connectivity index (χ0v) is 14.4. The number of halogens is 1. The maximum atomic E-state index is 6.03. The number of imidazole rings is 1. The molecule has 2 aliphatic rings. The maximum Gasteiger partial charge on any atom is 0.126 e. The van der Waals surface area contributed by atoms with Gasteiger partial charge in [0.15, 0.2) is 0 Å².